The standard InChI is InChI=1S/C17H24N2O2/c1-12-7-9-13(10-8-12)18-15(20)14-6-5-11-19(14)16(21)17(2,3)4/h7-10,14H,5-6,11H2,1-4H3,(H,18,20). The van der Waals surface area contributed by atoms with E-state index >= 15 is 0 Å². The first-order chi connectivity index (χ1) is 9.79. The van der Waals surface area contributed by atoms with Crippen LogP contribution in [0.25, 0.3) is 0 Å². The minimum atomic E-state index is -0.452. The van der Waals surface area contributed by atoms with Gasteiger partial charge in [-0.25, -0.2) is 0 Å². The molecule has 114 valence electrons. The van der Waals surface area contributed by atoms with Crippen molar-refractivity contribution in [1.82, 2.24) is 4.90 Å². The maximum Gasteiger partial charge on any atom is 0.247 e. The van der Waals surface area contributed by atoms with Crippen molar-refractivity contribution >= 4 is 17.5 Å². The molecule has 1 aliphatic heterocycles. The number of nitrogens with one attached hydrogen (secondary N) is 1. The van der Waals surface area contributed by atoms with Crippen LogP contribution in [0.3, 0.4) is 0 Å². The van der Waals surface area contributed by atoms with Crippen molar-refractivity contribution in [3.8, 4) is 0 Å². The fraction of sp³-hybridized carbons (Fsp3) is 0.529. The van der Waals surface area contributed by atoms with E-state index in [4.69, 9.17) is 0 Å². The van der Waals surface area contributed by atoms with Crippen molar-refractivity contribution in [3.05, 3.63) is 29.8 Å². The lowest BCUT2D eigenvalue weighted by Gasteiger charge is -2.30. The lowest BCUT2D eigenvalue weighted by atomic mass is 9.94. The number of hydrogen-bond acceptors (Lipinski definition) is 2. The summed E-state index contributed by atoms with van der Waals surface area (Å²) in [7, 11) is 0. The number of aryl methyl sites for hydroxylation is 1. The Kier molecular flexibility index (Phi) is 4.35. The Hall–Kier alpha value is -1.84. The lowest BCUT2D eigenvalue weighted by molar-refractivity contribution is -0.143. The highest BCUT2D eigenvalue weighted by Gasteiger charge is 2.38. The highest BCUT2D eigenvalue weighted by atomic mass is 16.2. The zero-order valence-corrected chi connectivity index (χ0v) is 13.3. The van der Waals surface area contributed by atoms with Gasteiger partial charge in [0.1, 0.15) is 6.04 Å². The molecule has 2 amide bonds. The summed E-state index contributed by atoms with van der Waals surface area (Å²) in [4.78, 5) is 26.6. The molecule has 1 aromatic carbocycles. The van der Waals surface area contributed by atoms with Crippen molar-refractivity contribution < 1.29 is 9.59 Å². The highest BCUT2D eigenvalue weighted by molar-refractivity contribution is 5.98. The van der Waals surface area contributed by atoms with E-state index < -0.39 is 5.41 Å². The molecule has 1 aliphatic rings. The van der Waals surface area contributed by atoms with Gasteiger partial charge in [0.05, 0.1) is 0 Å². The maximum absolute atomic E-state index is 12.4. The molecule has 4 heteroatoms. The molecule has 0 saturated carbocycles. The monoisotopic (exact) mass is 288 g/mol. The van der Waals surface area contributed by atoms with E-state index in [0.29, 0.717) is 6.54 Å². The van der Waals surface area contributed by atoms with E-state index in [0.717, 1.165) is 24.1 Å². The number of rotatable bonds is 2. The Morgan fingerprint density at radius 2 is 1.81 bits per heavy atom. The predicted octanol–water partition coefficient (Wildman–Crippen LogP) is 2.97. The second-order valence-corrected chi connectivity index (χ2v) is 6.76. The number of hydrogen-bond donors (Lipinski definition) is 1. The molecule has 1 N–H and O–H groups in total. The molecule has 1 heterocycles. The largest absolute Gasteiger partial charge is 0.330 e. The van der Waals surface area contributed by atoms with E-state index in [1.165, 1.54) is 0 Å². The number of anilines is 1. The molecule has 0 bridgehead atoms. The van der Waals surface area contributed by atoms with E-state index in [1.54, 1.807) is 4.90 Å². The number of amides is 2. The fourth-order valence-electron chi connectivity index (χ4n) is 2.58. The molecular formula is C17H24N2O2. The molecule has 4 nitrogen and oxygen atoms in total. The van der Waals surface area contributed by atoms with Crippen LogP contribution >= 0.6 is 0 Å². The minimum absolute atomic E-state index is 0.0454. The quantitative estimate of drug-likeness (QED) is 0.909. The summed E-state index contributed by atoms with van der Waals surface area (Å²) < 4.78 is 0. The minimum Gasteiger partial charge on any atom is -0.330 e. The van der Waals surface area contributed by atoms with Crippen molar-refractivity contribution in [2.75, 3.05) is 11.9 Å². The topological polar surface area (TPSA) is 49.4 Å². The van der Waals surface area contributed by atoms with E-state index in [2.05, 4.69) is 5.32 Å². The van der Waals surface area contributed by atoms with Gasteiger partial charge in [0.25, 0.3) is 0 Å². The van der Waals surface area contributed by atoms with Gasteiger partial charge in [-0.1, -0.05) is 38.5 Å². The highest BCUT2D eigenvalue weighted by Crippen LogP contribution is 2.26. The van der Waals surface area contributed by atoms with Gasteiger partial charge >= 0.3 is 0 Å². The smallest absolute Gasteiger partial charge is 0.247 e. The van der Waals surface area contributed by atoms with Crippen LogP contribution < -0.4 is 5.32 Å². The van der Waals surface area contributed by atoms with Gasteiger partial charge < -0.3 is 10.2 Å². The summed E-state index contributed by atoms with van der Waals surface area (Å²) in [6.07, 6.45) is 1.62. The molecule has 0 spiro atoms. The number of benzene rings is 1. The maximum atomic E-state index is 12.4. The molecule has 2 rings (SSSR count). The second-order valence-electron chi connectivity index (χ2n) is 6.76. The Bertz CT molecular complexity index is 529. The third kappa shape index (κ3) is 3.63. The van der Waals surface area contributed by atoms with Gasteiger partial charge in [0.15, 0.2) is 0 Å². The Morgan fingerprint density at radius 3 is 2.38 bits per heavy atom. The zero-order chi connectivity index (χ0) is 15.6. The van der Waals surface area contributed by atoms with Crippen LogP contribution in [0.5, 0.6) is 0 Å². The summed E-state index contributed by atoms with van der Waals surface area (Å²) >= 11 is 0. The normalized spacial score (nSPS) is 18.7. The molecule has 0 aromatic heterocycles. The van der Waals surface area contributed by atoms with Crippen LogP contribution in [-0.4, -0.2) is 29.3 Å². The number of carbonyl (C=O) groups is 2. The molecular weight excluding hydrogens is 264 g/mol. The van der Waals surface area contributed by atoms with Gasteiger partial charge in [0.2, 0.25) is 11.8 Å². The Labute approximate surface area is 126 Å². The Balaban J connectivity index is 2.07. The van der Waals surface area contributed by atoms with Crippen molar-refractivity contribution in [3.63, 3.8) is 0 Å². The van der Waals surface area contributed by atoms with Crippen molar-refractivity contribution in [1.29, 1.82) is 0 Å². The lowest BCUT2D eigenvalue weighted by Crippen LogP contribution is -2.47. The van der Waals surface area contributed by atoms with Crippen LogP contribution in [-0.2, 0) is 9.59 Å². The first kappa shape index (κ1) is 15.5. The van der Waals surface area contributed by atoms with E-state index in [9.17, 15) is 9.59 Å². The molecule has 1 unspecified atom stereocenters. The summed E-state index contributed by atoms with van der Waals surface area (Å²) in [6.45, 7) is 8.35. The average Bonchev–Trinajstić information content (AvgIpc) is 2.88. The average molecular weight is 288 g/mol. The van der Waals surface area contributed by atoms with Gasteiger partial charge in [0, 0.05) is 17.6 Å². The van der Waals surface area contributed by atoms with Gasteiger partial charge in [-0.15, -0.1) is 0 Å². The van der Waals surface area contributed by atoms with E-state index in [1.807, 2.05) is 52.0 Å². The first-order valence-corrected chi connectivity index (χ1v) is 7.47. The molecule has 1 aromatic rings. The van der Waals surface area contributed by atoms with Crippen LogP contribution in [0, 0.1) is 12.3 Å². The SMILES string of the molecule is Cc1ccc(NC(=O)C2CCCN2C(=O)C(C)(C)C)cc1. The number of carbonyl (C=O) groups excluding carboxylic acids is 2. The second kappa shape index (κ2) is 5.88. The molecule has 0 aliphatic carbocycles. The van der Waals surface area contributed by atoms with Gasteiger partial charge in [-0.2, -0.15) is 0 Å². The third-order valence-electron chi connectivity index (χ3n) is 3.78. The summed E-state index contributed by atoms with van der Waals surface area (Å²) in [5.41, 5.74) is 1.48. The zero-order valence-electron chi connectivity index (χ0n) is 13.3. The van der Waals surface area contributed by atoms with Crippen LogP contribution in [0.2, 0.25) is 0 Å². The van der Waals surface area contributed by atoms with E-state index in [-0.39, 0.29) is 17.9 Å². The number of nitrogens with zero attached hydrogens (tertiary/aromatic N) is 1. The molecule has 1 atom stereocenters. The Morgan fingerprint density at radius 1 is 1.19 bits per heavy atom. The molecule has 1 saturated heterocycles. The third-order valence-corrected chi connectivity index (χ3v) is 3.78. The predicted molar refractivity (Wildman–Crippen MR) is 84.0 cm³/mol. The van der Waals surface area contributed by atoms with Crippen LogP contribution in [0.4, 0.5) is 5.69 Å². The fourth-order valence-corrected chi connectivity index (χ4v) is 2.58. The van der Waals surface area contributed by atoms with Crippen molar-refractivity contribution in [2.24, 2.45) is 5.41 Å². The molecule has 1 fully saturated rings. The van der Waals surface area contributed by atoms with Gasteiger partial charge in [-0.05, 0) is 31.9 Å². The summed E-state index contributed by atoms with van der Waals surface area (Å²) in [6, 6.07) is 7.35. The van der Waals surface area contributed by atoms with Crippen molar-refractivity contribution in [2.45, 2.75) is 46.6 Å². The van der Waals surface area contributed by atoms with Crippen LogP contribution in [0.1, 0.15) is 39.2 Å². The first-order valence-electron chi connectivity index (χ1n) is 7.47. The summed E-state index contributed by atoms with van der Waals surface area (Å²) in [5.74, 6) is -0.0435. The molecule has 0 radical (unpaired) electrons. The molecule has 21 heavy (non-hydrogen) atoms. The number of likely N-dealkylation sites (tertiary alicyclic amines) is 1. The van der Waals surface area contributed by atoms with Gasteiger partial charge in [-0.3, -0.25) is 9.59 Å². The summed E-state index contributed by atoms with van der Waals surface area (Å²) in [5, 5.41) is 2.91. The van der Waals surface area contributed by atoms with Crippen LogP contribution in [0.15, 0.2) is 24.3 Å².